The summed E-state index contributed by atoms with van der Waals surface area (Å²) in [7, 11) is 0. The number of halogens is 4. The van der Waals surface area contributed by atoms with Gasteiger partial charge in [-0.3, -0.25) is 39.0 Å². The molecule has 8 rings (SSSR count). The minimum atomic E-state index is -1.11. The lowest BCUT2D eigenvalue weighted by Gasteiger charge is -2.47. The molecule has 3 N–H and O–H groups in total. The van der Waals surface area contributed by atoms with Crippen LogP contribution >= 0.6 is 23.2 Å². The van der Waals surface area contributed by atoms with Gasteiger partial charge in [-0.25, -0.2) is 13.8 Å². The van der Waals surface area contributed by atoms with E-state index < -0.39 is 41.3 Å². The molecular formula is C42H44Cl2F2N8O5. The zero-order valence-corrected chi connectivity index (χ0v) is 34.1. The fourth-order valence-corrected chi connectivity index (χ4v) is 9.56. The average molecular weight is 850 g/mol. The Bertz CT molecular complexity index is 2320. The third-order valence-electron chi connectivity index (χ3n) is 12.2. The summed E-state index contributed by atoms with van der Waals surface area (Å²) < 4.78 is 37.6. The molecule has 0 unspecified atom stereocenters. The highest BCUT2D eigenvalue weighted by atomic mass is 35.5. The Morgan fingerprint density at radius 2 is 1.61 bits per heavy atom. The lowest BCUT2D eigenvalue weighted by atomic mass is 9.85. The van der Waals surface area contributed by atoms with E-state index >= 15 is 4.39 Å². The van der Waals surface area contributed by atoms with Crippen molar-refractivity contribution in [2.24, 2.45) is 5.92 Å². The number of hydrogen-bond acceptors (Lipinski definition) is 10. The highest BCUT2D eigenvalue weighted by molar-refractivity contribution is 6.36. The summed E-state index contributed by atoms with van der Waals surface area (Å²) in [6.45, 7) is 6.40. The number of carbonyl (C=O) groups excluding carboxylic acids is 4. The number of nitrogen functional groups attached to an aromatic ring is 1. The number of ether oxygens (including phenoxy) is 1. The SMILES string of the molecule is C[C@@H]1CN(c2cc3c(cc2F)C(=O)N([C@@H]2CCC(=O)NC2=O)C3=O)C[C@@H](C)N1CC1CCC(n2cc(-c3cnc(N)c(OCCc4c(Cl)ccc(F)c4Cl)c3)cn2)CC1. The molecule has 310 valence electrons. The van der Waals surface area contributed by atoms with E-state index in [2.05, 4.69) is 29.0 Å². The zero-order valence-electron chi connectivity index (χ0n) is 32.6. The van der Waals surface area contributed by atoms with Crippen molar-refractivity contribution in [3.05, 3.63) is 87.3 Å². The maximum atomic E-state index is 15.7. The fraction of sp³-hybridized carbons (Fsp3) is 0.429. The molecule has 1 saturated carbocycles. The van der Waals surface area contributed by atoms with Gasteiger partial charge in [0.1, 0.15) is 17.7 Å². The second-order valence-electron chi connectivity index (χ2n) is 16.0. The first kappa shape index (κ1) is 40.7. The molecule has 0 bridgehead atoms. The van der Waals surface area contributed by atoms with Crippen LogP contribution in [0.2, 0.25) is 10.0 Å². The van der Waals surface area contributed by atoms with E-state index in [1.807, 2.05) is 28.0 Å². The number of nitrogens with two attached hydrogens (primary N) is 1. The molecule has 3 aliphatic heterocycles. The molecule has 4 aromatic rings. The molecule has 59 heavy (non-hydrogen) atoms. The number of piperazine rings is 1. The highest BCUT2D eigenvalue weighted by Crippen LogP contribution is 2.38. The van der Waals surface area contributed by atoms with Crippen molar-refractivity contribution >= 4 is 58.3 Å². The van der Waals surface area contributed by atoms with E-state index in [-0.39, 0.29) is 71.6 Å². The number of fused-ring (bicyclic) bond motifs is 1. The monoisotopic (exact) mass is 848 g/mol. The smallest absolute Gasteiger partial charge is 0.262 e. The van der Waals surface area contributed by atoms with Gasteiger partial charge in [0.25, 0.3) is 11.8 Å². The summed E-state index contributed by atoms with van der Waals surface area (Å²) in [5, 5.41) is 7.22. The molecule has 0 spiro atoms. The predicted molar refractivity (Wildman–Crippen MR) is 217 cm³/mol. The largest absolute Gasteiger partial charge is 0.489 e. The number of benzene rings is 2. The molecule has 5 heterocycles. The van der Waals surface area contributed by atoms with Crippen LogP contribution in [0.1, 0.15) is 84.7 Å². The summed E-state index contributed by atoms with van der Waals surface area (Å²) in [6.07, 6.45) is 9.83. The summed E-state index contributed by atoms with van der Waals surface area (Å²) in [5.41, 5.74) is 8.50. The van der Waals surface area contributed by atoms with Crippen molar-refractivity contribution in [3.63, 3.8) is 0 Å². The number of carbonyl (C=O) groups is 4. The van der Waals surface area contributed by atoms with Gasteiger partial charge in [-0.2, -0.15) is 5.10 Å². The minimum absolute atomic E-state index is 0.00900. The average Bonchev–Trinajstić information content (AvgIpc) is 3.79. The molecule has 3 fully saturated rings. The van der Waals surface area contributed by atoms with Crippen molar-refractivity contribution in [1.29, 1.82) is 0 Å². The van der Waals surface area contributed by atoms with Crippen LogP contribution in [0.4, 0.5) is 20.3 Å². The molecular weight excluding hydrogens is 805 g/mol. The minimum Gasteiger partial charge on any atom is -0.489 e. The number of nitrogens with one attached hydrogen (secondary N) is 1. The van der Waals surface area contributed by atoms with E-state index in [0.717, 1.165) is 54.3 Å². The van der Waals surface area contributed by atoms with Crippen molar-refractivity contribution in [2.75, 3.05) is 36.9 Å². The third-order valence-corrected chi connectivity index (χ3v) is 12.9. The van der Waals surface area contributed by atoms with Gasteiger partial charge in [-0.15, -0.1) is 0 Å². The predicted octanol–water partition coefficient (Wildman–Crippen LogP) is 6.47. The molecule has 0 radical (unpaired) electrons. The summed E-state index contributed by atoms with van der Waals surface area (Å²) in [4.78, 5) is 60.4. The number of hydrogen-bond donors (Lipinski definition) is 2. The lowest BCUT2D eigenvalue weighted by Crippen LogP contribution is -2.58. The van der Waals surface area contributed by atoms with Crippen LogP contribution in [-0.2, 0) is 16.0 Å². The molecule has 2 aromatic carbocycles. The van der Waals surface area contributed by atoms with Crippen molar-refractivity contribution in [2.45, 2.75) is 83.0 Å². The highest BCUT2D eigenvalue weighted by Gasteiger charge is 2.46. The van der Waals surface area contributed by atoms with Gasteiger partial charge in [0.05, 0.1) is 40.7 Å². The zero-order chi connectivity index (χ0) is 41.7. The number of amides is 4. The molecule has 3 atom stereocenters. The Morgan fingerprint density at radius 1 is 0.898 bits per heavy atom. The van der Waals surface area contributed by atoms with Crippen molar-refractivity contribution < 1.29 is 32.7 Å². The number of aromatic nitrogens is 3. The van der Waals surface area contributed by atoms with E-state index in [1.165, 1.54) is 18.2 Å². The van der Waals surface area contributed by atoms with Crippen LogP contribution < -0.4 is 20.7 Å². The second kappa shape index (κ2) is 16.5. The van der Waals surface area contributed by atoms with E-state index in [9.17, 15) is 23.6 Å². The van der Waals surface area contributed by atoms with Crippen LogP contribution in [0.25, 0.3) is 11.1 Å². The Labute approximate surface area is 349 Å². The van der Waals surface area contributed by atoms with Gasteiger partial charge < -0.3 is 15.4 Å². The quantitative estimate of drug-likeness (QED) is 0.134. The molecule has 4 aliphatic rings. The van der Waals surface area contributed by atoms with Gasteiger partial charge in [0.15, 0.2) is 11.6 Å². The fourth-order valence-electron chi connectivity index (χ4n) is 9.00. The standard InChI is InChI=1S/C42H44Cl2F2N8O5/c1-22-18-51(35-15-30-29(14-33(35)46)41(57)54(42(30)58)34-9-10-37(55)50-40(34)56)19-23(2)52(22)20-24-3-5-27(6-4-24)53-21-26(17-49-53)25-13-36(39(47)48-16-25)59-12-11-28-31(43)7-8-32(45)38(28)44/h7-8,13-17,21-24,27,34H,3-6,9-12,18-20H2,1-2H3,(H2,47,48)(H,50,55,56)/t22-,23-,24?,27?,34-/m1/s1. The first-order valence-corrected chi connectivity index (χ1v) is 20.6. The molecule has 13 nitrogen and oxygen atoms in total. The Hall–Kier alpha value is -5.12. The van der Waals surface area contributed by atoms with Crippen LogP contribution in [0.5, 0.6) is 5.75 Å². The Balaban J connectivity index is 0.851. The Kier molecular flexibility index (Phi) is 11.4. The molecule has 2 aromatic heterocycles. The summed E-state index contributed by atoms with van der Waals surface area (Å²) in [6, 6.07) is 6.36. The van der Waals surface area contributed by atoms with Crippen LogP contribution in [0, 0.1) is 17.6 Å². The van der Waals surface area contributed by atoms with E-state index in [1.54, 1.807) is 6.20 Å². The topological polar surface area (TPSA) is 156 Å². The van der Waals surface area contributed by atoms with Crippen LogP contribution in [-0.4, -0.2) is 92.6 Å². The molecule has 4 amide bonds. The lowest BCUT2D eigenvalue weighted by molar-refractivity contribution is -0.136. The molecule has 17 heteroatoms. The second-order valence-corrected chi connectivity index (χ2v) is 16.8. The maximum absolute atomic E-state index is 15.7. The van der Waals surface area contributed by atoms with Gasteiger partial charge in [-0.05, 0) is 87.8 Å². The first-order valence-electron chi connectivity index (χ1n) is 19.9. The van der Waals surface area contributed by atoms with Crippen molar-refractivity contribution in [1.82, 2.24) is 29.9 Å². The normalized spacial score (nSPS) is 23.8. The number of anilines is 2. The number of rotatable bonds is 10. The Morgan fingerprint density at radius 3 is 2.32 bits per heavy atom. The summed E-state index contributed by atoms with van der Waals surface area (Å²) in [5.74, 6) is -2.59. The van der Waals surface area contributed by atoms with Gasteiger partial charge in [0, 0.05) is 73.1 Å². The molecule has 2 saturated heterocycles. The van der Waals surface area contributed by atoms with Gasteiger partial charge >= 0.3 is 0 Å². The van der Waals surface area contributed by atoms with Crippen LogP contribution in [0.15, 0.2) is 48.9 Å². The molecule has 1 aliphatic carbocycles. The first-order chi connectivity index (χ1) is 28.3. The number of nitrogens with zero attached hydrogens (tertiary/aromatic N) is 6. The van der Waals surface area contributed by atoms with E-state index in [4.69, 9.17) is 38.8 Å². The van der Waals surface area contributed by atoms with Gasteiger partial charge in [0.2, 0.25) is 11.8 Å². The van der Waals surface area contributed by atoms with E-state index in [0.29, 0.717) is 35.3 Å². The number of piperidine rings is 1. The van der Waals surface area contributed by atoms with Crippen LogP contribution in [0.3, 0.4) is 0 Å². The summed E-state index contributed by atoms with van der Waals surface area (Å²) >= 11 is 12.3. The van der Waals surface area contributed by atoms with Crippen molar-refractivity contribution in [3.8, 4) is 16.9 Å². The maximum Gasteiger partial charge on any atom is 0.262 e. The number of imide groups is 2. The number of pyridine rings is 1. The van der Waals surface area contributed by atoms with Gasteiger partial charge in [-0.1, -0.05) is 23.2 Å². The third kappa shape index (κ3) is 7.99.